The summed E-state index contributed by atoms with van der Waals surface area (Å²) >= 11 is 0. The van der Waals surface area contributed by atoms with Crippen LogP contribution in [0.15, 0.2) is 24.3 Å². The van der Waals surface area contributed by atoms with Gasteiger partial charge in [0.1, 0.15) is 0 Å². The third-order valence-corrected chi connectivity index (χ3v) is 2.42. The van der Waals surface area contributed by atoms with Crippen molar-refractivity contribution in [3.8, 4) is 0 Å². The van der Waals surface area contributed by atoms with Gasteiger partial charge in [0.15, 0.2) is 0 Å². The fourth-order valence-electron chi connectivity index (χ4n) is 1.57. The lowest BCUT2D eigenvalue weighted by atomic mass is 9.95. The predicted octanol–water partition coefficient (Wildman–Crippen LogP) is 1.61. The van der Waals surface area contributed by atoms with E-state index >= 15 is 0 Å². The molecule has 0 bridgehead atoms. The summed E-state index contributed by atoms with van der Waals surface area (Å²) in [5.41, 5.74) is 8.42. The van der Waals surface area contributed by atoms with Gasteiger partial charge in [0, 0.05) is 0 Å². The standard InChI is InChI=1S/C10H13NO/c1-7-10(11)9-5-3-2-4-8(9)6-12-7/h2-5,7,10H,6,11H2,1H3/t7-,10-/m0/s1. The van der Waals surface area contributed by atoms with E-state index in [-0.39, 0.29) is 12.1 Å². The van der Waals surface area contributed by atoms with Crippen LogP contribution in [0.5, 0.6) is 0 Å². The molecule has 0 radical (unpaired) electrons. The lowest BCUT2D eigenvalue weighted by Crippen LogP contribution is -2.31. The lowest BCUT2D eigenvalue weighted by molar-refractivity contribution is 0.0214. The van der Waals surface area contributed by atoms with Crippen LogP contribution < -0.4 is 5.73 Å². The fourth-order valence-corrected chi connectivity index (χ4v) is 1.57. The number of ether oxygens (including phenoxy) is 1. The molecule has 1 aromatic carbocycles. The molecule has 0 unspecified atom stereocenters. The molecule has 1 aromatic rings. The summed E-state index contributed by atoms with van der Waals surface area (Å²) in [6.07, 6.45) is 0.139. The summed E-state index contributed by atoms with van der Waals surface area (Å²) in [6.45, 7) is 2.71. The van der Waals surface area contributed by atoms with Gasteiger partial charge in [-0.25, -0.2) is 0 Å². The molecule has 2 heteroatoms. The molecule has 0 saturated carbocycles. The van der Waals surface area contributed by atoms with Crippen LogP contribution >= 0.6 is 0 Å². The van der Waals surface area contributed by atoms with Gasteiger partial charge < -0.3 is 10.5 Å². The lowest BCUT2D eigenvalue weighted by Gasteiger charge is -2.28. The van der Waals surface area contributed by atoms with Crippen molar-refractivity contribution >= 4 is 0 Å². The zero-order valence-corrected chi connectivity index (χ0v) is 7.16. The zero-order chi connectivity index (χ0) is 8.55. The van der Waals surface area contributed by atoms with E-state index in [1.165, 1.54) is 11.1 Å². The SMILES string of the molecule is C[C@@H]1OCc2ccccc2[C@H]1N. The Hall–Kier alpha value is -0.860. The summed E-state index contributed by atoms with van der Waals surface area (Å²) in [7, 11) is 0. The number of benzene rings is 1. The van der Waals surface area contributed by atoms with Gasteiger partial charge in [-0.1, -0.05) is 24.3 Å². The van der Waals surface area contributed by atoms with Gasteiger partial charge in [-0.3, -0.25) is 0 Å². The molecule has 0 aromatic heterocycles. The molecule has 2 N–H and O–H groups in total. The number of hydrogen-bond acceptors (Lipinski definition) is 2. The van der Waals surface area contributed by atoms with Gasteiger partial charge in [-0.15, -0.1) is 0 Å². The van der Waals surface area contributed by atoms with E-state index in [0.717, 1.165) is 0 Å². The van der Waals surface area contributed by atoms with Crippen LogP contribution in [-0.2, 0) is 11.3 Å². The first-order valence-electron chi connectivity index (χ1n) is 4.24. The Morgan fingerprint density at radius 2 is 2.17 bits per heavy atom. The highest BCUT2D eigenvalue weighted by atomic mass is 16.5. The van der Waals surface area contributed by atoms with Crippen LogP contribution in [0.4, 0.5) is 0 Å². The van der Waals surface area contributed by atoms with E-state index < -0.39 is 0 Å². The minimum atomic E-state index is 0.0370. The van der Waals surface area contributed by atoms with Crippen LogP contribution in [0.3, 0.4) is 0 Å². The highest BCUT2D eigenvalue weighted by Crippen LogP contribution is 2.26. The van der Waals surface area contributed by atoms with Crippen LogP contribution in [-0.4, -0.2) is 6.10 Å². The van der Waals surface area contributed by atoms with Crippen molar-refractivity contribution in [1.29, 1.82) is 0 Å². The van der Waals surface area contributed by atoms with Crippen LogP contribution in [0.1, 0.15) is 24.1 Å². The van der Waals surface area contributed by atoms with Crippen molar-refractivity contribution in [2.24, 2.45) is 5.73 Å². The minimum Gasteiger partial charge on any atom is -0.372 e. The van der Waals surface area contributed by atoms with Crippen molar-refractivity contribution in [3.05, 3.63) is 35.4 Å². The first kappa shape index (κ1) is 7.77. The van der Waals surface area contributed by atoms with E-state index in [9.17, 15) is 0 Å². The van der Waals surface area contributed by atoms with Crippen molar-refractivity contribution < 1.29 is 4.74 Å². The van der Waals surface area contributed by atoms with Crippen molar-refractivity contribution in [2.75, 3.05) is 0 Å². The second-order valence-corrected chi connectivity index (χ2v) is 3.24. The maximum atomic E-state index is 5.96. The molecule has 2 rings (SSSR count). The molecular formula is C10H13NO. The van der Waals surface area contributed by atoms with Gasteiger partial charge in [0.2, 0.25) is 0 Å². The van der Waals surface area contributed by atoms with E-state index in [0.29, 0.717) is 6.61 Å². The van der Waals surface area contributed by atoms with Gasteiger partial charge in [-0.05, 0) is 18.1 Å². The monoisotopic (exact) mass is 163 g/mol. The number of hydrogen-bond donors (Lipinski definition) is 1. The second-order valence-electron chi connectivity index (χ2n) is 3.24. The van der Waals surface area contributed by atoms with Crippen molar-refractivity contribution in [2.45, 2.75) is 25.7 Å². The molecule has 64 valence electrons. The van der Waals surface area contributed by atoms with Gasteiger partial charge in [0.05, 0.1) is 18.8 Å². The van der Waals surface area contributed by atoms with Crippen LogP contribution in [0.2, 0.25) is 0 Å². The quantitative estimate of drug-likeness (QED) is 0.630. The predicted molar refractivity (Wildman–Crippen MR) is 47.6 cm³/mol. The van der Waals surface area contributed by atoms with E-state index in [1.807, 2.05) is 19.1 Å². The average Bonchev–Trinajstić information content (AvgIpc) is 2.12. The number of fused-ring (bicyclic) bond motifs is 1. The summed E-state index contributed by atoms with van der Waals surface area (Å²) < 4.78 is 5.49. The molecule has 12 heavy (non-hydrogen) atoms. The van der Waals surface area contributed by atoms with E-state index in [1.54, 1.807) is 0 Å². The highest BCUT2D eigenvalue weighted by Gasteiger charge is 2.22. The van der Waals surface area contributed by atoms with Gasteiger partial charge in [0.25, 0.3) is 0 Å². The molecule has 0 spiro atoms. The molecule has 0 amide bonds. The molecule has 0 aliphatic carbocycles. The highest BCUT2D eigenvalue weighted by molar-refractivity contribution is 5.31. The molecule has 1 aliphatic rings. The molecule has 0 fully saturated rings. The molecule has 0 saturated heterocycles. The Labute approximate surface area is 72.3 Å². The van der Waals surface area contributed by atoms with Gasteiger partial charge in [-0.2, -0.15) is 0 Å². The Balaban J connectivity index is 2.42. The van der Waals surface area contributed by atoms with Gasteiger partial charge >= 0.3 is 0 Å². The van der Waals surface area contributed by atoms with E-state index in [2.05, 4.69) is 12.1 Å². The minimum absolute atomic E-state index is 0.0370. The summed E-state index contributed by atoms with van der Waals surface area (Å²) in [5.74, 6) is 0. The van der Waals surface area contributed by atoms with Crippen molar-refractivity contribution in [1.82, 2.24) is 0 Å². The van der Waals surface area contributed by atoms with E-state index in [4.69, 9.17) is 10.5 Å². The molecule has 2 nitrogen and oxygen atoms in total. The largest absolute Gasteiger partial charge is 0.372 e. The Bertz CT molecular complexity index is 285. The first-order chi connectivity index (χ1) is 5.79. The van der Waals surface area contributed by atoms with Crippen LogP contribution in [0, 0.1) is 0 Å². The molecular weight excluding hydrogens is 150 g/mol. The normalized spacial score (nSPS) is 28.2. The van der Waals surface area contributed by atoms with Crippen molar-refractivity contribution in [3.63, 3.8) is 0 Å². The topological polar surface area (TPSA) is 35.2 Å². The maximum absolute atomic E-state index is 5.96. The first-order valence-corrected chi connectivity index (χ1v) is 4.24. The summed E-state index contributed by atoms with van der Waals surface area (Å²) in [4.78, 5) is 0. The summed E-state index contributed by atoms with van der Waals surface area (Å²) in [6, 6.07) is 8.23. The third kappa shape index (κ3) is 1.13. The average molecular weight is 163 g/mol. The third-order valence-electron chi connectivity index (χ3n) is 2.42. The number of nitrogens with two attached hydrogens (primary N) is 1. The maximum Gasteiger partial charge on any atom is 0.0744 e. The Kier molecular flexibility index (Phi) is 1.87. The fraction of sp³-hybridized carbons (Fsp3) is 0.400. The molecule has 1 heterocycles. The Morgan fingerprint density at radius 1 is 1.42 bits per heavy atom. The second kappa shape index (κ2) is 2.88. The summed E-state index contributed by atoms with van der Waals surface area (Å²) in [5, 5.41) is 0. The van der Waals surface area contributed by atoms with Crippen LogP contribution in [0.25, 0.3) is 0 Å². The zero-order valence-electron chi connectivity index (χ0n) is 7.16. The Morgan fingerprint density at radius 3 is 3.00 bits per heavy atom. The molecule has 2 atom stereocenters. The number of rotatable bonds is 0. The smallest absolute Gasteiger partial charge is 0.0744 e. The molecule has 1 aliphatic heterocycles.